The Labute approximate surface area is 184 Å². The highest BCUT2D eigenvalue weighted by Crippen LogP contribution is 2.53. The van der Waals surface area contributed by atoms with E-state index in [0.29, 0.717) is 0 Å². The molecule has 1 aliphatic heterocycles. The minimum absolute atomic E-state index is 0.0981. The molecule has 156 valence electrons. The van der Waals surface area contributed by atoms with Gasteiger partial charge in [-0.15, -0.1) is 0 Å². The maximum atomic E-state index is 6.45. The van der Waals surface area contributed by atoms with Gasteiger partial charge >= 0.3 is 0 Å². The average molecular weight is 409 g/mol. The normalized spacial score (nSPS) is 13.0. The number of para-hydroxylation sites is 2. The molecule has 4 aromatic rings. The average Bonchev–Trinajstić information content (AvgIpc) is 2.72. The Hall–Kier alpha value is -3.33. The zero-order valence-corrected chi connectivity index (χ0v) is 19.1. The van der Waals surface area contributed by atoms with E-state index in [1.54, 1.807) is 0 Å². The summed E-state index contributed by atoms with van der Waals surface area (Å²) in [5.74, 6) is 2.51. The summed E-state index contributed by atoms with van der Waals surface area (Å²) in [5.41, 5.74) is 7.30. The summed E-state index contributed by atoms with van der Waals surface area (Å²) in [6.07, 6.45) is 1.97. The first-order chi connectivity index (χ1) is 14.8. The number of benzene rings is 3. The van der Waals surface area contributed by atoms with Crippen LogP contribution < -0.4 is 9.64 Å². The van der Waals surface area contributed by atoms with Gasteiger partial charge in [-0.25, -0.2) is 4.98 Å². The molecule has 0 aliphatic carbocycles. The van der Waals surface area contributed by atoms with Crippen molar-refractivity contribution in [3.8, 4) is 11.5 Å². The van der Waals surface area contributed by atoms with E-state index in [2.05, 4.69) is 88.9 Å². The molecule has 0 fully saturated rings. The minimum Gasteiger partial charge on any atom is -0.451 e. The number of aromatic nitrogens is 1. The van der Waals surface area contributed by atoms with Crippen molar-refractivity contribution in [2.75, 3.05) is 4.90 Å². The number of rotatable bonds is 1. The summed E-state index contributed by atoms with van der Waals surface area (Å²) >= 11 is 0. The van der Waals surface area contributed by atoms with Gasteiger partial charge in [0.1, 0.15) is 0 Å². The van der Waals surface area contributed by atoms with E-state index in [9.17, 15) is 0 Å². The van der Waals surface area contributed by atoms with Gasteiger partial charge in [-0.1, -0.05) is 63.2 Å². The molecule has 0 spiro atoms. The summed E-state index contributed by atoms with van der Waals surface area (Å²) in [4.78, 5) is 7.19. The van der Waals surface area contributed by atoms with Crippen molar-refractivity contribution in [2.24, 2.45) is 0 Å². The number of aryl methyl sites for hydroxylation is 3. The van der Waals surface area contributed by atoms with Crippen LogP contribution in [0, 0.1) is 20.8 Å². The quantitative estimate of drug-likeness (QED) is 0.281. The zero-order valence-electron chi connectivity index (χ0n) is 19.1. The molecule has 0 atom stereocenters. The third-order valence-electron chi connectivity index (χ3n) is 6.20. The molecular formula is C28H28N2O. The van der Waals surface area contributed by atoms with Gasteiger partial charge in [0, 0.05) is 17.0 Å². The highest BCUT2D eigenvalue weighted by molar-refractivity contribution is 5.99. The smallest absolute Gasteiger partial charge is 0.182 e. The number of ether oxygens (including phenoxy) is 1. The van der Waals surface area contributed by atoms with E-state index in [4.69, 9.17) is 9.72 Å². The molecule has 1 aromatic heterocycles. The van der Waals surface area contributed by atoms with Crippen LogP contribution in [0.1, 0.15) is 43.0 Å². The second-order valence-electron chi connectivity index (χ2n) is 9.56. The maximum absolute atomic E-state index is 6.45. The largest absolute Gasteiger partial charge is 0.451 e. The van der Waals surface area contributed by atoms with Crippen LogP contribution in [0.5, 0.6) is 11.5 Å². The molecule has 0 saturated carbocycles. The Kier molecular flexibility index (Phi) is 4.33. The fourth-order valence-corrected chi connectivity index (χ4v) is 4.53. The van der Waals surface area contributed by atoms with Crippen molar-refractivity contribution < 1.29 is 4.74 Å². The molecule has 0 unspecified atom stereocenters. The molecule has 0 amide bonds. The van der Waals surface area contributed by atoms with Gasteiger partial charge in [-0.3, -0.25) is 4.90 Å². The third kappa shape index (κ3) is 3.07. The van der Waals surface area contributed by atoms with E-state index < -0.39 is 0 Å². The number of anilines is 3. The summed E-state index contributed by atoms with van der Waals surface area (Å²) in [6, 6.07) is 19.2. The lowest BCUT2D eigenvalue weighted by Gasteiger charge is -2.35. The number of pyridine rings is 1. The number of nitrogens with zero attached hydrogens (tertiary/aromatic N) is 2. The van der Waals surface area contributed by atoms with Crippen LogP contribution in [0.3, 0.4) is 0 Å². The maximum Gasteiger partial charge on any atom is 0.182 e. The van der Waals surface area contributed by atoms with Gasteiger partial charge in [0.25, 0.3) is 0 Å². The second-order valence-corrected chi connectivity index (χ2v) is 9.56. The molecule has 0 radical (unpaired) electrons. The van der Waals surface area contributed by atoms with Crippen LogP contribution in [-0.2, 0) is 5.41 Å². The van der Waals surface area contributed by atoms with E-state index in [1.165, 1.54) is 27.9 Å². The van der Waals surface area contributed by atoms with Crippen LogP contribution in [0.15, 0.2) is 60.8 Å². The van der Waals surface area contributed by atoms with E-state index in [-0.39, 0.29) is 5.41 Å². The first-order valence-corrected chi connectivity index (χ1v) is 10.8. The Bertz CT molecular complexity index is 1310. The fraction of sp³-hybridized carbons (Fsp3) is 0.250. The Morgan fingerprint density at radius 3 is 2.23 bits per heavy atom. The van der Waals surface area contributed by atoms with Gasteiger partial charge in [0.15, 0.2) is 17.3 Å². The van der Waals surface area contributed by atoms with Gasteiger partial charge in [-0.05, 0) is 60.6 Å². The molecule has 0 N–H and O–H groups in total. The predicted molar refractivity (Wildman–Crippen MR) is 129 cm³/mol. The summed E-state index contributed by atoms with van der Waals surface area (Å²) in [7, 11) is 0. The van der Waals surface area contributed by atoms with E-state index in [1.807, 2.05) is 18.3 Å². The Morgan fingerprint density at radius 2 is 1.52 bits per heavy atom. The van der Waals surface area contributed by atoms with Gasteiger partial charge in [0.2, 0.25) is 0 Å². The van der Waals surface area contributed by atoms with Crippen LogP contribution >= 0.6 is 0 Å². The fourth-order valence-electron chi connectivity index (χ4n) is 4.53. The molecule has 3 aromatic carbocycles. The molecule has 0 bridgehead atoms. The molecule has 2 heterocycles. The number of hydrogen-bond acceptors (Lipinski definition) is 3. The van der Waals surface area contributed by atoms with E-state index >= 15 is 0 Å². The van der Waals surface area contributed by atoms with Crippen LogP contribution in [0.2, 0.25) is 0 Å². The van der Waals surface area contributed by atoms with Crippen molar-refractivity contribution >= 4 is 28.0 Å². The molecule has 3 nitrogen and oxygen atoms in total. The molecule has 0 saturated heterocycles. The van der Waals surface area contributed by atoms with Crippen LogP contribution in [-0.4, -0.2) is 4.98 Å². The summed E-state index contributed by atoms with van der Waals surface area (Å²) < 4.78 is 6.45. The highest BCUT2D eigenvalue weighted by Gasteiger charge is 2.31. The van der Waals surface area contributed by atoms with Crippen LogP contribution in [0.4, 0.5) is 17.2 Å². The van der Waals surface area contributed by atoms with Crippen LogP contribution in [0.25, 0.3) is 10.8 Å². The van der Waals surface area contributed by atoms with Crippen molar-refractivity contribution in [3.05, 3.63) is 83.0 Å². The van der Waals surface area contributed by atoms with E-state index in [0.717, 1.165) is 33.8 Å². The Balaban J connectivity index is 1.82. The lowest BCUT2D eigenvalue weighted by Crippen LogP contribution is -2.20. The molecule has 31 heavy (non-hydrogen) atoms. The molecule has 5 rings (SSSR count). The molecule has 3 heteroatoms. The van der Waals surface area contributed by atoms with Crippen molar-refractivity contribution in [1.29, 1.82) is 0 Å². The van der Waals surface area contributed by atoms with Crippen molar-refractivity contribution in [3.63, 3.8) is 0 Å². The third-order valence-corrected chi connectivity index (χ3v) is 6.20. The second kappa shape index (κ2) is 6.84. The van der Waals surface area contributed by atoms with Gasteiger partial charge in [0.05, 0.1) is 11.4 Å². The molecule has 1 aliphatic rings. The first-order valence-electron chi connectivity index (χ1n) is 10.8. The Morgan fingerprint density at radius 1 is 0.806 bits per heavy atom. The monoisotopic (exact) mass is 408 g/mol. The SMILES string of the molecule is Cc1cc(C(C)(C)C)cc(C)c1N1c2ccccc2Oc2c1ncc1c(C)cccc21. The van der Waals surface area contributed by atoms with Gasteiger partial charge < -0.3 is 4.74 Å². The predicted octanol–water partition coefficient (Wildman–Crippen LogP) is 8.03. The lowest BCUT2D eigenvalue weighted by atomic mass is 9.84. The van der Waals surface area contributed by atoms with Crippen molar-refractivity contribution in [2.45, 2.75) is 47.0 Å². The highest BCUT2D eigenvalue weighted by atomic mass is 16.5. The number of fused-ring (bicyclic) bond motifs is 4. The first kappa shape index (κ1) is 19.6. The topological polar surface area (TPSA) is 25.4 Å². The summed E-state index contributed by atoms with van der Waals surface area (Å²) in [5, 5.41) is 2.21. The summed E-state index contributed by atoms with van der Waals surface area (Å²) in [6.45, 7) is 13.3. The zero-order chi connectivity index (χ0) is 21.9. The standard InChI is InChI=1S/C28H28N2O/c1-17-10-9-11-21-22(17)16-29-27-26(21)31-24-13-8-7-12-23(24)30(27)25-18(2)14-20(15-19(25)3)28(4,5)6/h7-16H,1-6H3. The minimum atomic E-state index is 0.0981. The molecular weight excluding hydrogens is 380 g/mol. The number of hydrogen-bond donors (Lipinski definition) is 0. The lowest BCUT2D eigenvalue weighted by molar-refractivity contribution is 0.480. The van der Waals surface area contributed by atoms with Gasteiger partial charge in [-0.2, -0.15) is 0 Å². The van der Waals surface area contributed by atoms with Crippen molar-refractivity contribution in [1.82, 2.24) is 4.98 Å².